The molecule has 6 rings (SSSR count). The molecule has 0 atom stereocenters. The van der Waals surface area contributed by atoms with Crippen molar-refractivity contribution in [3.63, 3.8) is 0 Å². The largest absolute Gasteiger partial charge is 0.455 e. The Balaban J connectivity index is 1.62. The van der Waals surface area contributed by atoms with Gasteiger partial charge in [-0.2, -0.15) is 0 Å². The molecule has 0 saturated heterocycles. The molecule has 0 amide bonds. The Bertz CT molecular complexity index is 1740. The van der Waals surface area contributed by atoms with Crippen LogP contribution in [-0.2, 0) is 5.41 Å². The van der Waals surface area contributed by atoms with Crippen LogP contribution in [0.15, 0.2) is 71.3 Å². The maximum Gasteiger partial charge on any atom is 0.144 e. The van der Waals surface area contributed by atoms with Gasteiger partial charge in [0.25, 0.3) is 0 Å². The predicted molar refractivity (Wildman–Crippen MR) is 151 cm³/mol. The number of hydrogen-bond acceptors (Lipinski definition) is 3. The fourth-order valence-corrected chi connectivity index (χ4v) is 6.28. The summed E-state index contributed by atoms with van der Waals surface area (Å²) in [6.07, 6.45) is 2.06. The zero-order chi connectivity index (χ0) is 24.5. The smallest absolute Gasteiger partial charge is 0.144 e. The first kappa shape index (κ1) is 22.1. The molecule has 0 aliphatic carbocycles. The summed E-state index contributed by atoms with van der Waals surface area (Å²) in [6.45, 7) is 13.4. The topological polar surface area (TPSA) is 26.0 Å². The van der Waals surface area contributed by atoms with Crippen LogP contribution < -0.4 is 0 Å². The first-order valence-corrected chi connectivity index (χ1v) is 13.0. The summed E-state index contributed by atoms with van der Waals surface area (Å²) >= 11 is 1.81. The average Bonchev–Trinajstić information content (AvgIpc) is 3.38. The fourth-order valence-electron chi connectivity index (χ4n) is 5.36. The molecule has 0 spiro atoms. The van der Waals surface area contributed by atoms with Gasteiger partial charge in [-0.3, -0.25) is 4.98 Å². The Morgan fingerprint density at radius 3 is 2.20 bits per heavy atom. The van der Waals surface area contributed by atoms with E-state index in [4.69, 9.17) is 9.40 Å². The van der Waals surface area contributed by atoms with Crippen LogP contribution in [0.3, 0.4) is 0 Å². The standard InChI is InChI=1S/C32H29NOS/c1-18-9-7-10-19(2)29(18)25-17-33-27(16-26(25)32(4,5)6)23-12-8-11-21-22-13-14-28-24(15-20(3)35-28)31(22)34-30(21)23/h7-17H,1-6H3. The SMILES string of the molecule is Cc1cc2c(ccc3c4cccc(-c5cc(C(C)(C)C)c(-c6c(C)cccc6C)cn5)c4oc23)s1. The van der Waals surface area contributed by atoms with E-state index >= 15 is 0 Å². The normalized spacial score (nSPS) is 12.3. The van der Waals surface area contributed by atoms with Crippen LogP contribution >= 0.6 is 11.3 Å². The van der Waals surface area contributed by atoms with Crippen LogP contribution in [-0.4, -0.2) is 4.98 Å². The van der Waals surface area contributed by atoms with Crippen molar-refractivity contribution in [1.82, 2.24) is 4.98 Å². The Labute approximate surface area is 210 Å². The summed E-state index contributed by atoms with van der Waals surface area (Å²) in [5, 5.41) is 3.50. The second kappa shape index (κ2) is 7.79. The van der Waals surface area contributed by atoms with Crippen LogP contribution in [0.4, 0.5) is 0 Å². The highest BCUT2D eigenvalue weighted by Gasteiger charge is 2.23. The lowest BCUT2D eigenvalue weighted by Gasteiger charge is -2.25. The summed E-state index contributed by atoms with van der Waals surface area (Å²) in [5.41, 5.74) is 10.2. The van der Waals surface area contributed by atoms with Gasteiger partial charge in [-0.25, -0.2) is 0 Å². The Hall–Kier alpha value is -3.43. The molecule has 2 nitrogen and oxygen atoms in total. The molecule has 0 fully saturated rings. The minimum atomic E-state index is -0.0378. The van der Waals surface area contributed by atoms with E-state index in [0.29, 0.717) is 0 Å². The van der Waals surface area contributed by atoms with Crippen LogP contribution in [0.1, 0.15) is 42.3 Å². The van der Waals surface area contributed by atoms with E-state index in [-0.39, 0.29) is 5.41 Å². The van der Waals surface area contributed by atoms with E-state index < -0.39 is 0 Å². The van der Waals surface area contributed by atoms with Gasteiger partial charge in [-0.05, 0) is 78.8 Å². The number of rotatable bonds is 2. The summed E-state index contributed by atoms with van der Waals surface area (Å²) in [7, 11) is 0. The van der Waals surface area contributed by atoms with Crippen molar-refractivity contribution in [3.8, 4) is 22.4 Å². The molecule has 0 bridgehead atoms. The Morgan fingerprint density at radius 1 is 0.743 bits per heavy atom. The number of fused-ring (bicyclic) bond motifs is 5. The highest BCUT2D eigenvalue weighted by Crippen LogP contribution is 2.42. The first-order valence-electron chi connectivity index (χ1n) is 12.1. The number of thiophene rings is 1. The Morgan fingerprint density at radius 2 is 1.46 bits per heavy atom. The van der Waals surface area contributed by atoms with Crippen LogP contribution in [0.5, 0.6) is 0 Å². The number of aryl methyl sites for hydroxylation is 3. The third kappa shape index (κ3) is 3.49. The quantitative estimate of drug-likeness (QED) is 0.249. The molecule has 6 aromatic rings. The summed E-state index contributed by atoms with van der Waals surface area (Å²) < 4.78 is 7.88. The van der Waals surface area contributed by atoms with Crippen molar-refractivity contribution < 1.29 is 4.42 Å². The van der Waals surface area contributed by atoms with E-state index in [1.807, 2.05) is 11.3 Å². The summed E-state index contributed by atoms with van der Waals surface area (Å²) in [6, 6.07) is 21.8. The van der Waals surface area contributed by atoms with Crippen molar-refractivity contribution in [1.29, 1.82) is 0 Å². The molecule has 35 heavy (non-hydrogen) atoms. The summed E-state index contributed by atoms with van der Waals surface area (Å²) in [5.74, 6) is 0. The van der Waals surface area contributed by atoms with Gasteiger partial charge >= 0.3 is 0 Å². The number of benzene rings is 3. The fraction of sp³-hybridized carbons (Fsp3) is 0.219. The summed E-state index contributed by atoms with van der Waals surface area (Å²) in [4.78, 5) is 6.31. The van der Waals surface area contributed by atoms with Crippen LogP contribution in [0.2, 0.25) is 0 Å². The Kier molecular flexibility index (Phi) is 4.91. The molecule has 3 heterocycles. The van der Waals surface area contributed by atoms with Crippen LogP contribution in [0.25, 0.3) is 54.4 Å². The molecule has 0 radical (unpaired) electrons. The highest BCUT2D eigenvalue weighted by atomic mass is 32.1. The molecule has 0 aliphatic heterocycles. The van der Waals surface area contributed by atoms with E-state index in [0.717, 1.165) is 33.2 Å². The second-order valence-corrected chi connectivity index (χ2v) is 11.9. The second-order valence-electron chi connectivity index (χ2n) is 10.6. The van der Waals surface area contributed by atoms with Crippen molar-refractivity contribution in [2.45, 2.75) is 47.0 Å². The van der Waals surface area contributed by atoms with E-state index in [2.05, 4.69) is 108 Å². The van der Waals surface area contributed by atoms with Gasteiger partial charge < -0.3 is 4.42 Å². The van der Waals surface area contributed by atoms with Crippen molar-refractivity contribution in [2.24, 2.45) is 0 Å². The molecule has 0 aliphatic rings. The third-order valence-electron chi connectivity index (χ3n) is 7.02. The molecular weight excluding hydrogens is 446 g/mol. The molecule has 3 aromatic carbocycles. The maximum atomic E-state index is 6.61. The van der Waals surface area contributed by atoms with E-state index in [9.17, 15) is 0 Å². The van der Waals surface area contributed by atoms with E-state index in [1.165, 1.54) is 42.8 Å². The van der Waals surface area contributed by atoms with Gasteiger partial charge in [0, 0.05) is 43.1 Å². The number of nitrogens with zero attached hydrogens (tertiary/aromatic N) is 1. The number of hydrogen-bond donors (Lipinski definition) is 0. The zero-order valence-corrected chi connectivity index (χ0v) is 21.9. The van der Waals surface area contributed by atoms with Crippen LogP contribution in [0, 0.1) is 20.8 Å². The first-order chi connectivity index (χ1) is 16.7. The lowest BCUT2D eigenvalue weighted by atomic mass is 9.80. The molecule has 3 aromatic heterocycles. The van der Waals surface area contributed by atoms with Gasteiger partial charge in [0.15, 0.2) is 0 Å². The monoisotopic (exact) mass is 475 g/mol. The number of para-hydroxylation sites is 1. The third-order valence-corrected chi connectivity index (χ3v) is 8.04. The lowest BCUT2D eigenvalue weighted by molar-refractivity contribution is 0.591. The van der Waals surface area contributed by atoms with Gasteiger partial charge in [-0.15, -0.1) is 11.3 Å². The zero-order valence-electron chi connectivity index (χ0n) is 21.1. The van der Waals surface area contributed by atoms with Gasteiger partial charge in [0.2, 0.25) is 0 Å². The molecule has 0 N–H and O–H groups in total. The molecule has 174 valence electrons. The minimum absolute atomic E-state index is 0.0378. The molecule has 0 unspecified atom stereocenters. The highest BCUT2D eigenvalue weighted by molar-refractivity contribution is 7.19. The number of furan rings is 1. The van der Waals surface area contributed by atoms with Gasteiger partial charge in [0.05, 0.1) is 5.69 Å². The van der Waals surface area contributed by atoms with E-state index in [1.54, 1.807) is 0 Å². The number of pyridine rings is 1. The lowest BCUT2D eigenvalue weighted by Crippen LogP contribution is -2.14. The average molecular weight is 476 g/mol. The van der Waals surface area contributed by atoms with Gasteiger partial charge in [0.1, 0.15) is 11.2 Å². The van der Waals surface area contributed by atoms with Gasteiger partial charge in [-0.1, -0.05) is 51.1 Å². The van der Waals surface area contributed by atoms with Crippen molar-refractivity contribution in [2.75, 3.05) is 0 Å². The minimum Gasteiger partial charge on any atom is -0.455 e. The number of aromatic nitrogens is 1. The molecule has 0 saturated carbocycles. The van der Waals surface area contributed by atoms with Crippen molar-refractivity contribution >= 4 is 43.4 Å². The molecular formula is C32H29NOS. The maximum absolute atomic E-state index is 6.61. The predicted octanol–water partition coefficient (Wildman–Crippen LogP) is 9.75. The molecule has 3 heteroatoms. The van der Waals surface area contributed by atoms with Crippen molar-refractivity contribution in [3.05, 3.63) is 88.4 Å².